The van der Waals surface area contributed by atoms with Crippen molar-refractivity contribution in [2.75, 3.05) is 32.6 Å². The van der Waals surface area contributed by atoms with E-state index in [0.29, 0.717) is 43.1 Å². The van der Waals surface area contributed by atoms with Crippen LogP contribution in [0.3, 0.4) is 0 Å². The fourth-order valence-electron chi connectivity index (χ4n) is 2.12. The lowest BCUT2D eigenvalue weighted by Gasteiger charge is -2.26. The van der Waals surface area contributed by atoms with Gasteiger partial charge < -0.3 is 19.7 Å². The lowest BCUT2D eigenvalue weighted by atomic mass is 10.1. The van der Waals surface area contributed by atoms with Crippen molar-refractivity contribution in [2.24, 2.45) is 0 Å². The molecule has 0 aromatic heterocycles. The Morgan fingerprint density at radius 3 is 2.20 bits per heavy atom. The molecule has 1 heterocycles. The van der Waals surface area contributed by atoms with E-state index < -0.39 is 0 Å². The van der Waals surface area contributed by atoms with Crippen molar-refractivity contribution in [1.29, 1.82) is 0 Å². The molecule has 1 N–H and O–H groups in total. The molecular formula is C14H18N2O4. The summed E-state index contributed by atoms with van der Waals surface area (Å²) in [6.45, 7) is 0.893. The maximum atomic E-state index is 12.2. The molecule has 0 saturated carbocycles. The first-order valence-corrected chi connectivity index (χ1v) is 6.44. The maximum Gasteiger partial charge on any atom is 0.322 e. The number of carbonyl (C=O) groups is 2. The van der Waals surface area contributed by atoms with Gasteiger partial charge in [-0.25, -0.2) is 4.79 Å². The normalized spacial score (nSPS) is 14.9. The number of Topliss-reactive ketones (excluding diaryl/α,β-unsaturated/α-hetero) is 1. The van der Waals surface area contributed by atoms with Gasteiger partial charge in [0.2, 0.25) is 0 Å². The van der Waals surface area contributed by atoms with Crippen molar-refractivity contribution >= 4 is 17.5 Å². The Morgan fingerprint density at radius 2 is 1.70 bits per heavy atom. The number of carbonyl (C=O) groups excluding carboxylic acids is 2. The van der Waals surface area contributed by atoms with Crippen LogP contribution in [0.25, 0.3) is 0 Å². The average Bonchev–Trinajstić information content (AvgIpc) is 2.48. The zero-order chi connectivity index (χ0) is 14.5. The van der Waals surface area contributed by atoms with E-state index in [0.717, 1.165) is 0 Å². The number of ether oxygens (including phenoxy) is 2. The molecule has 1 aliphatic heterocycles. The highest BCUT2D eigenvalue weighted by atomic mass is 16.5. The summed E-state index contributed by atoms with van der Waals surface area (Å²) in [6.07, 6.45) is 0.826. The first-order chi connectivity index (χ1) is 9.65. The zero-order valence-electron chi connectivity index (χ0n) is 11.6. The van der Waals surface area contributed by atoms with E-state index in [9.17, 15) is 9.59 Å². The van der Waals surface area contributed by atoms with Crippen LogP contribution in [0.15, 0.2) is 18.2 Å². The topological polar surface area (TPSA) is 67.9 Å². The molecule has 0 aliphatic carbocycles. The van der Waals surface area contributed by atoms with Crippen LogP contribution in [0, 0.1) is 0 Å². The van der Waals surface area contributed by atoms with E-state index >= 15 is 0 Å². The summed E-state index contributed by atoms with van der Waals surface area (Å²) in [4.78, 5) is 25.0. The zero-order valence-corrected chi connectivity index (χ0v) is 11.6. The minimum absolute atomic E-state index is 0.198. The molecule has 108 valence electrons. The fourth-order valence-corrected chi connectivity index (χ4v) is 2.12. The van der Waals surface area contributed by atoms with E-state index in [2.05, 4.69) is 5.32 Å². The number of benzene rings is 1. The van der Waals surface area contributed by atoms with E-state index in [-0.39, 0.29) is 11.8 Å². The van der Waals surface area contributed by atoms with Crippen molar-refractivity contribution in [3.05, 3.63) is 18.2 Å². The molecule has 2 rings (SSSR count). The number of para-hydroxylation sites is 1. The van der Waals surface area contributed by atoms with Gasteiger partial charge in [0.15, 0.2) is 0 Å². The maximum absolute atomic E-state index is 12.2. The molecule has 1 aromatic carbocycles. The molecule has 0 radical (unpaired) electrons. The predicted molar refractivity (Wildman–Crippen MR) is 74.4 cm³/mol. The molecule has 1 aliphatic rings. The molecule has 0 atom stereocenters. The van der Waals surface area contributed by atoms with Crippen LogP contribution in [0.4, 0.5) is 10.5 Å². The molecule has 0 spiro atoms. The summed E-state index contributed by atoms with van der Waals surface area (Å²) < 4.78 is 10.5. The summed E-state index contributed by atoms with van der Waals surface area (Å²) in [5.41, 5.74) is 0.499. The molecule has 1 aromatic rings. The lowest BCUT2D eigenvalue weighted by Crippen LogP contribution is -2.41. The summed E-state index contributed by atoms with van der Waals surface area (Å²) in [5.74, 6) is 1.26. The molecule has 6 nitrogen and oxygen atoms in total. The number of piperidine rings is 1. The first kappa shape index (κ1) is 14.2. The monoisotopic (exact) mass is 278 g/mol. The first-order valence-electron chi connectivity index (χ1n) is 6.44. The van der Waals surface area contributed by atoms with Crippen molar-refractivity contribution < 1.29 is 19.1 Å². The van der Waals surface area contributed by atoms with Crippen molar-refractivity contribution in [1.82, 2.24) is 4.90 Å². The summed E-state index contributed by atoms with van der Waals surface area (Å²) in [5, 5.41) is 2.79. The quantitative estimate of drug-likeness (QED) is 0.917. The molecular weight excluding hydrogens is 260 g/mol. The van der Waals surface area contributed by atoms with Crippen LogP contribution in [-0.4, -0.2) is 44.0 Å². The summed E-state index contributed by atoms with van der Waals surface area (Å²) in [6, 6.07) is 5.03. The van der Waals surface area contributed by atoms with Crippen molar-refractivity contribution in [3.8, 4) is 11.5 Å². The fraction of sp³-hybridized carbons (Fsp3) is 0.429. The van der Waals surface area contributed by atoms with Gasteiger partial charge in [-0.05, 0) is 12.1 Å². The van der Waals surface area contributed by atoms with E-state index in [1.54, 1.807) is 23.1 Å². The van der Waals surface area contributed by atoms with Gasteiger partial charge in [0.1, 0.15) is 23.0 Å². The smallest absolute Gasteiger partial charge is 0.322 e. The number of hydrogen-bond donors (Lipinski definition) is 1. The predicted octanol–water partition coefficient (Wildman–Crippen LogP) is 1.90. The lowest BCUT2D eigenvalue weighted by molar-refractivity contribution is -0.120. The standard InChI is InChI=1S/C14H18N2O4/c1-19-11-4-3-5-12(20-2)13(11)15-14(18)16-8-6-10(17)7-9-16/h3-5H,6-9H2,1-2H3,(H,15,18). The third-order valence-electron chi connectivity index (χ3n) is 3.27. The summed E-state index contributed by atoms with van der Waals surface area (Å²) in [7, 11) is 3.06. The van der Waals surface area contributed by atoms with Gasteiger partial charge in [-0.15, -0.1) is 0 Å². The number of ketones is 1. The van der Waals surface area contributed by atoms with Crippen molar-refractivity contribution in [2.45, 2.75) is 12.8 Å². The number of anilines is 1. The van der Waals surface area contributed by atoms with Crippen molar-refractivity contribution in [3.63, 3.8) is 0 Å². The number of likely N-dealkylation sites (tertiary alicyclic amines) is 1. The Hall–Kier alpha value is -2.24. The highest BCUT2D eigenvalue weighted by Crippen LogP contribution is 2.34. The van der Waals surface area contributed by atoms with Crippen LogP contribution in [-0.2, 0) is 4.79 Å². The second-order valence-corrected chi connectivity index (χ2v) is 4.49. The third kappa shape index (κ3) is 3.01. The van der Waals surface area contributed by atoms with Crippen LogP contribution >= 0.6 is 0 Å². The van der Waals surface area contributed by atoms with E-state index in [1.807, 2.05) is 0 Å². The molecule has 1 fully saturated rings. The Labute approximate surface area is 117 Å². The molecule has 2 amide bonds. The van der Waals surface area contributed by atoms with Crippen LogP contribution in [0.2, 0.25) is 0 Å². The Bertz CT molecular complexity index is 484. The van der Waals surface area contributed by atoms with E-state index in [4.69, 9.17) is 9.47 Å². The van der Waals surface area contributed by atoms with Crippen LogP contribution in [0.5, 0.6) is 11.5 Å². The number of methoxy groups -OCH3 is 2. The summed E-state index contributed by atoms with van der Waals surface area (Å²) >= 11 is 0. The van der Waals surface area contributed by atoms with Crippen LogP contribution in [0.1, 0.15) is 12.8 Å². The molecule has 0 bridgehead atoms. The van der Waals surface area contributed by atoms with E-state index in [1.165, 1.54) is 14.2 Å². The Morgan fingerprint density at radius 1 is 1.15 bits per heavy atom. The minimum atomic E-state index is -0.250. The number of nitrogens with zero attached hydrogens (tertiary/aromatic N) is 1. The molecule has 6 heteroatoms. The average molecular weight is 278 g/mol. The highest BCUT2D eigenvalue weighted by Gasteiger charge is 2.22. The van der Waals surface area contributed by atoms with Gasteiger partial charge >= 0.3 is 6.03 Å². The van der Waals surface area contributed by atoms with Gasteiger partial charge in [-0.2, -0.15) is 0 Å². The van der Waals surface area contributed by atoms with Gasteiger partial charge in [-0.3, -0.25) is 4.79 Å². The molecule has 20 heavy (non-hydrogen) atoms. The molecule has 0 unspecified atom stereocenters. The SMILES string of the molecule is COc1cccc(OC)c1NC(=O)N1CCC(=O)CC1. The largest absolute Gasteiger partial charge is 0.494 e. The van der Waals surface area contributed by atoms with Gasteiger partial charge in [0.25, 0.3) is 0 Å². The second-order valence-electron chi connectivity index (χ2n) is 4.49. The Kier molecular flexibility index (Phi) is 4.45. The molecule has 1 saturated heterocycles. The second kappa shape index (κ2) is 6.27. The number of urea groups is 1. The Balaban J connectivity index is 2.13. The third-order valence-corrected chi connectivity index (χ3v) is 3.27. The number of hydrogen-bond acceptors (Lipinski definition) is 4. The highest BCUT2D eigenvalue weighted by molar-refractivity contribution is 5.94. The number of nitrogens with one attached hydrogen (secondary N) is 1. The van der Waals surface area contributed by atoms with Crippen LogP contribution < -0.4 is 14.8 Å². The van der Waals surface area contributed by atoms with Gasteiger partial charge in [-0.1, -0.05) is 6.07 Å². The number of amides is 2. The minimum Gasteiger partial charge on any atom is -0.494 e. The van der Waals surface area contributed by atoms with Gasteiger partial charge in [0, 0.05) is 25.9 Å². The number of rotatable bonds is 3. The van der Waals surface area contributed by atoms with Gasteiger partial charge in [0.05, 0.1) is 14.2 Å².